The molecule has 10 heteroatoms. The van der Waals surface area contributed by atoms with Crippen molar-refractivity contribution in [2.45, 2.75) is 52.3 Å². The maximum atomic E-state index is 12.4. The number of carbonyl (C=O) groups excluding carboxylic acids is 1. The molecule has 174 valence electrons. The Bertz CT molecular complexity index is 983. The van der Waals surface area contributed by atoms with E-state index in [1.54, 1.807) is 23.2 Å². The average molecular weight is 501 g/mol. The molecule has 3 rings (SSSR count). The molecule has 1 N–H and O–H groups in total. The van der Waals surface area contributed by atoms with Gasteiger partial charge in [-0.1, -0.05) is 40.9 Å². The lowest BCUT2D eigenvalue weighted by atomic mass is 10.1. The van der Waals surface area contributed by atoms with Crippen molar-refractivity contribution >= 4 is 52.7 Å². The molecule has 0 radical (unpaired) electrons. The summed E-state index contributed by atoms with van der Waals surface area (Å²) in [5.74, 6) is 1.06. The molecule has 0 aliphatic carbocycles. The van der Waals surface area contributed by atoms with Crippen LogP contribution in [0.15, 0.2) is 24.4 Å². The predicted octanol–water partition coefficient (Wildman–Crippen LogP) is 6.06. The van der Waals surface area contributed by atoms with Crippen LogP contribution in [0, 0.1) is 0 Å². The zero-order valence-corrected chi connectivity index (χ0v) is 21.1. The van der Waals surface area contributed by atoms with E-state index < -0.39 is 5.60 Å². The summed E-state index contributed by atoms with van der Waals surface area (Å²) in [6.07, 6.45) is 1.27. The van der Waals surface area contributed by atoms with E-state index in [2.05, 4.69) is 20.2 Å². The smallest absolute Gasteiger partial charge is 0.410 e. The van der Waals surface area contributed by atoms with Crippen LogP contribution in [0.4, 0.5) is 16.6 Å². The molecule has 0 unspecified atom stereocenters. The number of carbonyl (C=O) groups is 1. The number of hydrogen-bond acceptors (Lipinski definition) is 6. The van der Waals surface area contributed by atoms with Crippen molar-refractivity contribution in [3.05, 3.63) is 45.0 Å². The number of nitrogens with one attached hydrogen (secondary N) is 1. The van der Waals surface area contributed by atoms with Gasteiger partial charge in [-0.25, -0.2) is 9.78 Å². The first kappa shape index (κ1) is 24.7. The Morgan fingerprint density at radius 1 is 1.22 bits per heavy atom. The van der Waals surface area contributed by atoms with Gasteiger partial charge in [0.15, 0.2) is 5.82 Å². The van der Waals surface area contributed by atoms with Crippen molar-refractivity contribution in [1.29, 1.82) is 0 Å². The van der Waals surface area contributed by atoms with Gasteiger partial charge in [0, 0.05) is 35.7 Å². The highest BCUT2D eigenvalue weighted by molar-refractivity contribution is 6.35. The van der Waals surface area contributed by atoms with Crippen LogP contribution in [0.5, 0.6) is 0 Å². The number of rotatable bonds is 4. The largest absolute Gasteiger partial charge is 0.444 e. The summed E-state index contributed by atoms with van der Waals surface area (Å²) in [5.41, 5.74) is 0.354. The Labute approximate surface area is 204 Å². The lowest BCUT2D eigenvalue weighted by Crippen LogP contribution is -2.55. The van der Waals surface area contributed by atoms with Gasteiger partial charge in [-0.15, -0.1) is 0 Å². The molecule has 1 aromatic heterocycles. The first-order valence-electron chi connectivity index (χ1n) is 10.4. The molecule has 2 aromatic rings. The summed E-state index contributed by atoms with van der Waals surface area (Å²) in [6, 6.07) is 5.22. The van der Waals surface area contributed by atoms with Gasteiger partial charge in [0.05, 0.1) is 12.2 Å². The van der Waals surface area contributed by atoms with E-state index in [4.69, 9.17) is 39.5 Å². The molecule has 2 atom stereocenters. The number of nitrogens with zero attached hydrogens (tertiary/aromatic N) is 4. The molecule has 0 saturated carbocycles. The molecule has 1 aromatic carbocycles. The zero-order valence-electron chi connectivity index (χ0n) is 18.8. The van der Waals surface area contributed by atoms with Gasteiger partial charge in [-0.05, 0) is 52.3 Å². The highest BCUT2D eigenvalue weighted by atomic mass is 35.5. The van der Waals surface area contributed by atoms with Crippen LogP contribution in [0.2, 0.25) is 15.1 Å². The second kappa shape index (κ2) is 9.89. The number of aromatic nitrogens is 2. The minimum atomic E-state index is -0.527. The number of piperazine rings is 1. The number of benzene rings is 1. The summed E-state index contributed by atoms with van der Waals surface area (Å²) in [5, 5.41) is 4.86. The molecular formula is C22H28Cl3N5O2. The lowest BCUT2D eigenvalue weighted by molar-refractivity contribution is 0.0218. The van der Waals surface area contributed by atoms with Gasteiger partial charge in [0.25, 0.3) is 0 Å². The second-order valence-corrected chi connectivity index (χ2v) is 10.1. The normalized spacial score (nSPS) is 17.8. The van der Waals surface area contributed by atoms with Gasteiger partial charge in [-0.2, -0.15) is 4.98 Å². The molecule has 0 bridgehead atoms. The van der Waals surface area contributed by atoms with E-state index in [0.717, 1.165) is 5.56 Å². The van der Waals surface area contributed by atoms with Crippen molar-refractivity contribution < 1.29 is 9.53 Å². The molecule has 2 heterocycles. The SMILES string of the molecule is C[C@@H](Nc1nc(N2CCN(C(=O)OC(C)(C)C)C[C@@H]2C)ncc1Cl)c1ccc(Cl)cc1Cl. The molecular weight excluding hydrogens is 473 g/mol. The van der Waals surface area contributed by atoms with Gasteiger partial charge in [-0.3, -0.25) is 0 Å². The summed E-state index contributed by atoms with van der Waals surface area (Å²) in [7, 11) is 0. The van der Waals surface area contributed by atoms with Gasteiger partial charge >= 0.3 is 6.09 Å². The van der Waals surface area contributed by atoms with Crippen molar-refractivity contribution in [3.63, 3.8) is 0 Å². The molecule has 1 saturated heterocycles. The maximum Gasteiger partial charge on any atom is 0.410 e. The first-order valence-corrected chi connectivity index (χ1v) is 11.6. The van der Waals surface area contributed by atoms with Crippen LogP contribution in [0.1, 0.15) is 46.2 Å². The van der Waals surface area contributed by atoms with E-state index in [1.807, 2.05) is 40.7 Å². The van der Waals surface area contributed by atoms with Crippen LogP contribution < -0.4 is 10.2 Å². The fourth-order valence-corrected chi connectivity index (χ4v) is 4.20. The number of halogens is 3. The van der Waals surface area contributed by atoms with Crippen molar-refractivity contribution in [2.75, 3.05) is 29.9 Å². The van der Waals surface area contributed by atoms with Crippen LogP contribution in [0.3, 0.4) is 0 Å². The highest BCUT2D eigenvalue weighted by Gasteiger charge is 2.31. The number of amides is 1. The molecule has 1 aliphatic rings. The van der Waals surface area contributed by atoms with E-state index >= 15 is 0 Å². The van der Waals surface area contributed by atoms with Crippen molar-refractivity contribution in [1.82, 2.24) is 14.9 Å². The Kier molecular flexibility index (Phi) is 7.63. The third kappa shape index (κ3) is 6.09. The molecule has 1 fully saturated rings. The van der Waals surface area contributed by atoms with Crippen LogP contribution in [0.25, 0.3) is 0 Å². The minimum absolute atomic E-state index is 0.00780. The lowest BCUT2D eigenvalue weighted by Gasteiger charge is -2.40. The predicted molar refractivity (Wildman–Crippen MR) is 130 cm³/mol. The Morgan fingerprint density at radius 3 is 2.56 bits per heavy atom. The monoisotopic (exact) mass is 499 g/mol. The summed E-state index contributed by atoms with van der Waals surface area (Å²) < 4.78 is 5.49. The Morgan fingerprint density at radius 2 is 1.94 bits per heavy atom. The zero-order chi connectivity index (χ0) is 23.6. The van der Waals surface area contributed by atoms with Crippen LogP contribution in [-0.2, 0) is 4.74 Å². The average Bonchev–Trinajstić information content (AvgIpc) is 2.68. The third-order valence-corrected chi connectivity index (χ3v) is 5.89. The molecule has 1 amide bonds. The Balaban J connectivity index is 1.72. The van der Waals surface area contributed by atoms with Crippen molar-refractivity contribution in [2.24, 2.45) is 0 Å². The van der Waals surface area contributed by atoms with E-state index in [-0.39, 0.29) is 18.2 Å². The van der Waals surface area contributed by atoms with Crippen molar-refractivity contribution in [3.8, 4) is 0 Å². The molecule has 7 nitrogen and oxygen atoms in total. The second-order valence-electron chi connectivity index (χ2n) is 8.87. The fourth-order valence-electron chi connectivity index (χ4n) is 3.48. The van der Waals surface area contributed by atoms with E-state index in [1.165, 1.54) is 0 Å². The van der Waals surface area contributed by atoms with E-state index in [9.17, 15) is 4.79 Å². The third-order valence-electron chi connectivity index (χ3n) is 5.05. The Hall–Kier alpha value is -1.96. The number of ether oxygens (including phenoxy) is 1. The quantitative estimate of drug-likeness (QED) is 0.550. The van der Waals surface area contributed by atoms with Crippen LogP contribution >= 0.6 is 34.8 Å². The van der Waals surface area contributed by atoms with E-state index in [0.29, 0.717) is 46.5 Å². The molecule has 32 heavy (non-hydrogen) atoms. The van der Waals surface area contributed by atoms with Gasteiger partial charge in [0.1, 0.15) is 10.6 Å². The highest BCUT2D eigenvalue weighted by Crippen LogP contribution is 2.31. The first-order chi connectivity index (χ1) is 14.9. The van der Waals surface area contributed by atoms with Gasteiger partial charge in [0.2, 0.25) is 5.95 Å². The van der Waals surface area contributed by atoms with Gasteiger partial charge < -0.3 is 19.9 Å². The maximum absolute atomic E-state index is 12.4. The summed E-state index contributed by atoms with van der Waals surface area (Å²) in [4.78, 5) is 25.3. The standard InChI is InChI=1S/C22H28Cl3N5O2/c1-13-12-29(21(31)32-22(3,4)5)8-9-30(13)20-26-11-18(25)19(28-20)27-14(2)16-7-6-15(23)10-17(16)24/h6-7,10-11,13-14H,8-9,12H2,1-5H3,(H,26,27,28)/t13-,14+/m0/s1. The number of anilines is 2. The molecule has 0 spiro atoms. The summed E-state index contributed by atoms with van der Waals surface area (Å²) in [6.45, 7) is 11.2. The fraction of sp³-hybridized carbons (Fsp3) is 0.500. The summed E-state index contributed by atoms with van der Waals surface area (Å²) >= 11 is 18.7. The topological polar surface area (TPSA) is 70.6 Å². The number of hydrogen-bond donors (Lipinski definition) is 1. The molecule has 1 aliphatic heterocycles. The van der Waals surface area contributed by atoms with Crippen LogP contribution in [-0.4, -0.2) is 52.2 Å². The minimum Gasteiger partial charge on any atom is -0.444 e.